The van der Waals surface area contributed by atoms with Gasteiger partial charge in [0.2, 0.25) is 0 Å². The van der Waals surface area contributed by atoms with Gasteiger partial charge >= 0.3 is 0 Å². The minimum atomic E-state index is 0. The molecule has 0 aliphatic carbocycles. The molecule has 1 saturated heterocycles. The minimum absolute atomic E-state index is 0. The average Bonchev–Trinajstić information content (AvgIpc) is 2.68. The van der Waals surface area contributed by atoms with Gasteiger partial charge < -0.3 is 24.8 Å². The van der Waals surface area contributed by atoms with Crippen LogP contribution in [0.25, 0.3) is 0 Å². The maximum Gasteiger partial charge on any atom is 0.253 e. The molecule has 1 aliphatic rings. The third-order valence-corrected chi connectivity index (χ3v) is 4.79. The van der Waals surface area contributed by atoms with Gasteiger partial charge in [0.25, 0.3) is 5.91 Å². The van der Waals surface area contributed by atoms with Crippen molar-refractivity contribution in [2.75, 3.05) is 40.0 Å². The van der Waals surface area contributed by atoms with Crippen molar-refractivity contribution < 1.29 is 19.0 Å². The highest BCUT2D eigenvalue weighted by atomic mass is 35.5. The van der Waals surface area contributed by atoms with E-state index < -0.39 is 0 Å². The minimum Gasteiger partial charge on any atom is -0.493 e. The number of nitrogens with two attached hydrogens (primary N) is 1. The van der Waals surface area contributed by atoms with Gasteiger partial charge in [0.1, 0.15) is 0 Å². The lowest BCUT2D eigenvalue weighted by Gasteiger charge is -2.32. The zero-order valence-electron chi connectivity index (χ0n) is 17.3. The van der Waals surface area contributed by atoms with Crippen molar-refractivity contribution in [3.8, 4) is 11.5 Å². The van der Waals surface area contributed by atoms with E-state index in [4.69, 9.17) is 19.9 Å². The topological polar surface area (TPSA) is 74.0 Å². The van der Waals surface area contributed by atoms with Crippen molar-refractivity contribution in [1.82, 2.24) is 4.90 Å². The van der Waals surface area contributed by atoms with Crippen molar-refractivity contribution in [3.63, 3.8) is 0 Å². The van der Waals surface area contributed by atoms with Gasteiger partial charge in [-0.3, -0.25) is 4.79 Å². The van der Waals surface area contributed by atoms with Crippen LogP contribution in [0.2, 0.25) is 0 Å². The summed E-state index contributed by atoms with van der Waals surface area (Å²) in [7, 11) is 1.60. The second-order valence-electron chi connectivity index (χ2n) is 7.40. The summed E-state index contributed by atoms with van der Waals surface area (Å²) in [6.07, 6.45) is 3.82. The highest BCUT2D eigenvalue weighted by Crippen LogP contribution is 2.29. The van der Waals surface area contributed by atoms with Crippen LogP contribution in [-0.4, -0.2) is 56.9 Å². The van der Waals surface area contributed by atoms with Gasteiger partial charge in [0.15, 0.2) is 11.5 Å². The number of hydrogen-bond acceptors (Lipinski definition) is 5. The molecule has 6 nitrogen and oxygen atoms in total. The van der Waals surface area contributed by atoms with Crippen molar-refractivity contribution in [3.05, 3.63) is 23.8 Å². The molecule has 0 spiro atoms. The maximum atomic E-state index is 12.8. The van der Waals surface area contributed by atoms with Crippen LogP contribution < -0.4 is 15.2 Å². The summed E-state index contributed by atoms with van der Waals surface area (Å²) in [5.41, 5.74) is 6.12. The van der Waals surface area contributed by atoms with Crippen LogP contribution in [-0.2, 0) is 4.74 Å². The van der Waals surface area contributed by atoms with Crippen LogP contribution in [0.15, 0.2) is 18.2 Å². The third-order valence-electron chi connectivity index (χ3n) is 4.79. The second-order valence-corrected chi connectivity index (χ2v) is 7.40. The Hall–Kier alpha value is -1.50. The summed E-state index contributed by atoms with van der Waals surface area (Å²) >= 11 is 0. The lowest BCUT2D eigenvalue weighted by molar-refractivity contribution is 0.00844. The summed E-state index contributed by atoms with van der Waals surface area (Å²) < 4.78 is 17.0. The lowest BCUT2D eigenvalue weighted by atomic mass is 10.1. The SMILES string of the molecule is COc1cc(C(=O)N2CCC(OCCCN)CC2)ccc1OCCC(C)C.Cl. The summed E-state index contributed by atoms with van der Waals surface area (Å²) in [5.74, 6) is 1.90. The Morgan fingerprint density at radius 1 is 1.21 bits per heavy atom. The molecule has 7 heteroatoms. The number of hydrogen-bond donors (Lipinski definition) is 1. The first-order chi connectivity index (χ1) is 13.0. The molecule has 2 N–H and O–H groups in total. The summed E-state index contributed by atoms with van der Waals surface area (Å²) in [5, 5.41) is 0. The number of halogens is 1. The maximum absolute atomic E-state index is 12.8. The summed E-state index contributed by atoms with van der Waals surface area (Å²) in [6.45, 7) is 7.73. The van der Waals surface area contributed by atoms with E-state index in [1.165, 1.54) is 0 Å². The Morgan fingerprint density at radius 3 is 2.54 bits per heavy atom. The molecule has 1 heterocycles. The fraction of sp³-hybridized carbons (Fsp3) is 0.667. The molecule has 1 aromatic rings. The molecular weight excluding hydrogens is 380 g/mol. The van der Waals surface area contributed by atoms with Gasteiger partial charge in [0, 0.05) is 25.3 Å². The fourth-order valence-electron chi connectivity index (χ4n) is 3.07. The molecule has 2 rings (SSSR count). The standard InChI is InChI=1S/C21H34N2O4.ClH/c1-16(2)9-14-27-19-6-5-17(15-20(19)25-3)21(24)23-11-7-18(8-12-23)26-13-4-10-22;/h5-6,15-16,18H,4,7-14,22H2,1-3H3;1H. The largest absolute Gasteiger partial charge is 0.493 e. The average molecular weight is 415 g/mol. The molecule has 0 unspecified atom stereocenters. The van der Waals surface area contributed by atoms with Crippen molar-refractivity contribution in [1.29, 1.82) is 0 Å². The summed E-state index contributed by atoms with van der Waals surface area (Å²) in [4.78, 5) is 14.7. The molecule has 1 amide bonds. The third kappa shape index (κ3) is 7.49. The van der Waals surface area contributed by atoms with Crippen molar-refractivity contribution in [2.24, 2.45) is 11.7 Å². The van der Waals surface area contributed by atoms with E-state index >= 15 is 0 Å². The number of carbonyl (C=O) groups is 1. The molecule has 1 aromatic carbocycles. The monoisotopic (exact) mass is 414 g/mol. The number of rotatable bonds is 10. The number of methoxy groups -OCH3 is 1. The molecule has 28 heavy (non-hydrogen) atoms. The molecule has 1 aliphatic heterocycles. The van der Waals surface area contributed by atoms with Gasteiger partial charge in [-0.2, -0.15) is 0 Å². The zero-order valence-corrected chi connectivity index (χ0v) is 18.1. The van der Waals surface area contributed by atoms with Crippen LogP contribution in [0.5, 0.6) is 11.5 Å². The normalized spacial score (nSPS) is 14.7. The Labute approximate surface area is 175 Å². The first kappa shape index (κ1) is 24.5. The molecule has 160 valence electrons. The predicted octanol–water partition coefficient (Wildman–Crippen LogP) is 3.51. The first-order valence-electron chi connectivity index (χ1n) is 9.97. The fourth-order valence-corrected chi connectivity index (χ4v) is 3.07. The van der Waals surface area contributed by atoms with Crippen LogP contribution in [0.4, 0.5) is 0 Å². The van der Waals surface area contributed by atoms with E-state index in [0.29, 0.717) is 55.8 Å². The van der Waals surface area contributed by atoms with Crippen LogP contribution >= 0.6 is 12.4 Å². The van der Waals surface area contributed by atoms with Crippen molar-refractivity contribution >= 4 is 18.3 Å². The van der Waals surface area contributed by atoms with Gasteiger partial charge in [-0.15, -0.1) is 12.4 Å². The van der Waals surface area contributed by atoms with Crippen LogP contribution in [0.1, 0.15) is 49.9 Å². The Bertz CT molecular complexity index is 590. The molecule has 1 fully saturated rings. The molecule has 0 bridgehead atoms. The lowest BCUT2D eigenvalue weighted by Crippen LogP contribution is -2.41. The van der Waals surface area contributed by atoms with Crippen molar-refractivity contribution in [2.45, 2.75) is 45.6 Å². The Kier molecular flexibility index (Phi) is 11.3. The number of carbonyl (C=O) groups excluding carboxylic acids is 1. The van der Waals surface area contributed by atoms with E-state index in [-0.39, 0.29) is 24.4 Å². The quantitative estimate of drug-likeness (QED) is 0.593. The zero-order chi connectivity index (χ0) is 19.6. The number of ether oxygens (including phenoxy) is 3. The van der Waals surface area contributed by atoms with E-state index in [2.05, 4.69) is 13.8 Å². The highest BCUT2D eigenvalue weighted by Gasteiger charge is 2.24. The highest BCUT2D eigenvalue weighted by molar-refractivity contribution is 5.95. The first-order valence-corrected chi connectivity index (χ1v) is 9.97. The molecule has 0 saturated carbocycles. The molecule has 0 radical (unpaired) electrons. The van der Waals surface area contributed by atoms with Gasteiger partial charge in [-0.1, -0.05) is 13.8 Å². The van der Waals surface area contributed by atoms with E-state index in [1.807, 2.05) is 17.0 Å². The predicted molar refractivity (Wildman–Crippen MR) is 114 cm³/mol. The number of likely N-dealkylation sites (tertiary alicyclic amines) is 1. The van der Waals surface area contributed by atoms with Gasteiger partial charge in [0.05, 0.1) is 19.8 Å². The Balaban J connectivity index is 0.00000392. The summed E-state index contributed by atoms with van der Waals surface area (Å²) in [6, 6.07) is 5.42. The number of piperidine rings is 1. The second kappa shape index (κ2) is 12.9. The number of nitrogens with zero attached hydrogens (tertiary/aromatic N) is 1. The van der Waals surface area contributed by atoms with E-state index in [9.17, 15) is 4.79 Å². The number of benzene rings is 1. The molecular formula is C21H35ClN2O4. The van der Waals surface area contributed by atoms with Crippen LogP contribution in [0.3, 0.4) is 0 Å². The smallest absolute Gasteiger partial charge is 0.253 e. The molecule has 0 atom stereocenters. The van der Waals surface area contributed by atoms with E-state index in [0.717, 1.165) is 25.7 Å². The Morgan fingerprint density at radius 2 is 1.93 bits per heavy atom. The molecule has 0 aromatic heterocycles. The van der Waals surface area contributed by atoms with Crippen LogP contribution in [0, 0.1) is 5.92 Å². The number of amides is 1. The van der Waals surface area contributed by atoms with Gasteiger partial charge in [-0.05, 0) is 56.3 Å². The van der Waals surface area contributed by atoms with E-state index in [1.54, 1.807) is 13.2 Å². The van der Waals surface area contributed by atoms with Gasteiger partial charge in [-0.25, -0.2) is 0 Å².